The Morgan fingerprint density at radius 3 is 1.91 bits per heavy atom. The Morgan fingerprint density at radius 2 is 1.42 bits per heavy atom. The molecule has 9 nitrogen and oxygen atoms in total. The third kappa shape index (κ3) is 4.77. The van der Waals surface area contributed by atoms with Gasteiger partial charge in [0.25, 0.3) is 0 Å². The lowest BCUT2D eigenvalue weighted by atomic mass is 10.1. The molecule has 3 aliphatic rings. The number of nitrogens with zero attached hydrogens (tertiary/aromatic N) is 4. The normalized spacial score (nSPS) is 21.7. The fourth-order valence-electron chi connectivity index (χ4n) is 4.63. The maximum atomic E-state index is 13.0. The molecule has 0 unspecified atom stereocenters. The van der Waals surface area contributed by atoms with Gasteiger partial charge in [-0.05, 0) is 37.1 Å². The van der Waals surface area contributed by atoms with Crippen LogP contribution in [0.4, 0.5) is 5.69 Å². The number of sulfonamides is 1. The molecule has 2 heterocycles. The van der Waals surface area contributed by atoms with Crippen molar-refractivity contribution in [3.05, 3.63) is 24.3 Å². The van der Waals surface area contributed by atoms with Crippen molar-refractivity contribution in [2.24, 2.45) is 11.8 Å². The molecule has 4 rings (SSSR count). The van der Waals surface area contributed by atoms with E-state index in [2.05, 4.69) is 0 Å². The van der Waals surface area contributed by atoms with Crippen LogP contribution in [0.15, 0.2) is 29.2 Å². The highest BCUT2D eigenvalue weighted by molar-refractivity contribution is 7.89. The molecule has 0 bridgehead atoms. The molecule has 1 saturated carbocycles. The Labute approximate surface area is 195 Å². The van der Waals surface area contributed by atoms with Gasteiger partial charge < -0.3 is 14.7 Å². The van der Waals surface area contributed by atoms with Crippen LogP contribution in [-0.2, 0) is 24.4 Å². The zero-order chi connectivity index (χ0) is 23.8. The van der Waals surface area contributed by atoms with Gasteiger partial charge in [0, 0.05) is 63.8 Å². The predicted molar refractivity (Wildman–Crippen MR) is 123 cm³/mol. The van der Waals surface area contributed by atoms with E-state index in [0.717, 1.165) is 12.8 Å². The highest BCUT2D eigenvalue weighted by atomic mass is 32.2. The van der Waals surface area contributed by atoms with Crippen LogP contribution in [0.5, 0.6) is 0 Å². The van der Waals surface area contributed by atoms with Crippen molar-refractivity contribution in [3.8, 4) is 0 Å². The Balaban J connectivity index is 1.37. The van der Waals surface area contributed by atoms with Crippen LogP contribution in [0.25, 0.3) is 0 Å². The van der Waals surface area contributed by atoms with E-state index < -0.39 is 15.9 Å². The molecule has 0 N–H and O–H groups in total. The topological polar surface area (TPSA) is 98.3 Å². The van der Waals surface area contributed by atoms with Crippen molar-refractivity contribution in [1.82, 2.24) is 14.1 Å². The maximum absolute atomic E-state index is 13.0. The average Bonchev–Trinajstić information content (AvgIpc) is 3.60. The number of carbonyl (C=O) groups is 3. The number of anilines is 1. The van der Waals surface area contributed by atoms with Crippen LogP contribution in [0, 0.1) is 11.8 Å². The summed E-state index contributed by atoms with van der Waals surface area (Å²) in [5.74, 6) is -0.236. The molecule has 1 aromatic carbocycles. The summed E-state index contributed by atoms with van der Waals surface area (Å²) in [5, 5.41) is 0. The maximum Gasteiger partial charge on any atom is 0.243 e. The molecule has 1 aliphatic carbocycles. The number of rotatable bonds is 7. The summed E-state index contributed by atoms with van der Waals surface area (Å²) in [6.45, 7) is 6.74. The lowest BCUT2D eigenvalue weighted by Gasteiger charge is -2.36. The summed E-state index contributed by atoms with van der Waals surface area (Å²) >= 11 is 0. The van der Waals surface area contributed by atoms with E-state index in [0.29, 0.717) is 45.0 Å². The standard InChI is InChI=1S/C23H32N4O5S/c1-3-26(4-2)33(31,32)20-9-7-19(8-10-20)27-16-18(15-21(27)28)23(30)25-13-11-24(12-14-25)22(29)17-5-6-17/h7-10,17-18H,3-6,11-16H2,1-2H3/t18-/m0/s1. The number of benzene rings is 1. The van der Waals surface area contributed by atoms with Crippen molar-refractivity contribution in [2.45, 2.75) is 38.0 Å². The quantitative estimate of drug-likeness (QED) is 0.588. The summed E-state index contributed by atoms with van der Waals surface area (Å²) in [6, 6.07) is 6.29. The van der Waals surface area contributed by atoms with Gasteiger partial charge in [-0.15, -0.1) is 0 Å². The third-order valence-corrected chi connectivity index (χ3v) is 8.86. The van der Waals surface area contributed by atoms with Crippen LogP contribution in [-0.4, -0.2) is 86.1 Å². The van der Waals surface area contributed by atoms with Gasteiger partial charge in [0.15, 0.2) is 0 Å². The van der Waals surface area contributed by atoms with Gasteiger partial charge in [0.2, 0.25) is 27.7 Å². The summed E-state index contributed by atoms with van der Waals surface area (Å²) in [4.78, 5) is 43.3. The molecule has 33 heavy (non-hydrogen) atoms. The van der Waals surface area contributed by atoms with Crippen molar-refractivity contribution >= 4 is 33.4 Å². The van der Waals surface area contributed by atoms with E-state index in [9.17, 15) is 22.8 Å². The van der Waals surface area contributed by atoms with E-state index >= 15 is 0 Å². The fourth-order valence-corrected chi connectivity index (χ4v) is 6.09. The van der Waals surface area contributed by atoms with Crippen LogP contribution in [0.2, 0.25) is 0 Å². The first-order valence-corrected chi connectivity index (χ1v) is 13.2. The first-order chi connectivity index (χ1) is 15.8. The summed E-state index contributed by atoms with van der Waals surface area (Å²) < 4.78 is 26.8. The Morgan fingerprint density at radius 1 is 0.909 bits per heavy atom. The Bertz CT molecular complexity index is 1010. The van der Waals surface area contributed by atoms with Crippen LogP contribution in [0.1, 0.15) is 33.1 Å². The Kier molecular flexibility index (Phi) is 6.76. The highest BCUT2D eigenvalue weighted by Gasteiger charge is 2.39. The molecular formula is C23H32N4O5S. The molecule has 180 valence electrons. The van der Waals surface area contributed by atoms with Crippen molar-refractivity contribution in [3.63, 3.8) is 0 Å². The smallest absolute Gasteiger partial charge is 0.243 e. The minimum absolute atomic E-state index is 0.0508. The van der Waals surface area contributed by atoms with Gasteiger partial charge in [0.1, 0.15) is 0 Å². The van der Waals surface area contributed by atoms with E-state index in [-0.39, 0.29) is 41.5 Å². The molecule has 3 amide bonds. The van der Waals surface area contributed by atoms with E-state index in [1.165, 1.54) is 16.4 Å². The van der Waals surface area contributed by atoms with Gasteiger partial charge in [-0.2, -0.15) is 4.31 Å². The minimum Gasteiger partial charge on any atom is -0.339 e. The largest absolute Gasteiger partial charge is 0.339 e. The summed E-state index contributed by atoms with van der Waals surface area (Å²) in [6.07, 6.45) is 2.08. The molecule has 0 aromatic heterocycles. The highest BCUT2D eigenvalue weighted by Crippen LogP contribution is 2.32. The Hall–Kier alpha value is -2.46. The molecule has 0 radical (unpaired) electrons. The van der Waals surface area contributed by atoms with Crippen molar-refractivity contribution in [2.75, 3.05) is 50.7 Å². The van der Waals surface area contributed by atoms with Gasteiger partial charge in [-0.3, -0.25) is 14.4 Å². The van der Waals surface area contributed by atoms with Gasteiger partial charge >= 0.3 is 0 Å². The van der Waals surface area contributed by atoms with Gasteiger partial charge in [0.05, 0.1) is 10.8 Å². The van der Waals surface area contributed by atoms with Crippen LogP contribution >= 0.6 is 0 Å². The van der Waals surface area contributed by atoms with Gasteiger partial charge in [-0.25, -0.2) is 8.42 Å². The average molecular weight is 477 g/mol. The van der Waals surface area contributed by atoms with Gasteiger partial charge in [-0.1, -0.05) is 13.8 Å². The van der Waals surface area contributed by atoms with E-state index in [1.54, 1.807) is 35.8 Å². The fraction of sp³-hybridized carbons (Fsp3) is 0.609. The number of hydrogen-bond acceptors (Lipinski definition) is 5. The number of hydrogen-bond donors (Lipinski definition) is 0. The summed E-state index contributed by atoms with van der Waals surface area (Å²) in [7, 11) is -3.56. The molecule has 3 fully saturated rings. The van der Waals surface area contributed by atoms with Crippen molar-refractivity contribution in [1.29, 1.82) is 0 Å². The zero-order valence-corrected chi connectivity index (χ0v) is 20.1. The number of piperazine rings is 1. The number of carbonyl (C=O) groups excluding carboxylic acids is 3. The number of amides is 3. The first-order valence-electron chi connectivity index (χ1n) is 11.7. The first kappa shape index (κ1) is 23.7. The van der Waals surface area contributed by atoms with E-state index in [4.69, 9.17) is 0 Å². The zero-order valence-electron chi connectivity index (χ0n) is 19.3. The SMILES string of the molecule is CCN(CC)S(=O)(=O)c1ccc(N2C[C@@H](C(=O)N3CCN(C(=O)C4CC4)CC3)CC2=O)cc1. The lowest BCUT2D eigenvalue weighted by molar-refractivity contribution is -0.142. The second kappa shape index (κ2) is 9.42. The monoisotopic (exact) mass is 476 g/mol. The predicted octanol–water partition coefficient (Wildman–Crippen LogP) is 1.15. The third-order valence-electron chi connectivity index (χ3n) is 6.80. The molecular weight excluding hydrogens is 444 g/mol. The second-order valence-electron chi connectivity index (χ2n) is 8.91. The molecule has 1 aromatic rings. The lowest BCUT2D eigenvalue weighted by Crippen LogP contribution is -2.52. The molecule has 2 aliphatic heterocycles. The summed E-state index contributed by atoms with van der Waals surface area (Å²) in [5.41, 5.74) is 0.591. The molecule has 2 saturated heterocycles. The van der Waals surface area contributed by atoms with Crippen LogP contribution in [0.3, 0.4) is 0 Å². The second-order valence-corrected chi connectivity index (χ2v) is 10.9. The van der Waals surface area contributed by atoms with Crippen LogP contribution < -0.4 is 4.90 Å². The molecule has 10 heteroatoms. The molecule has 0 spiro atoms. The molecule has 1 atom stereocenters. The van der Waals surface area contributed by atoms with E-state index in [1.807, 2.05) is 4.90 Å². The van der Waals surface area contributed by atoms with Crippen molar-refractivity contribution < 1.29 is 22.8 Å². The minimum atomic E-state index is -3.56.